The maximum absolute atomic E-state index is 14.5. The molecule has 0 amide bonds. The van der Waals surface area contributed by atoms with Crippen LogP contribution < -0.4 is 10.4 Å². The van der Waals surface area contributed by atoms with Crippen molar-refractivity contribution >= 4 is 23.8 Å². The Morgan fingerprint density at radius 3 is 1.71 bits per heavy atom. The summed E-state index contributed by atoms with van der Waals surface area (Å²) in [5, 5.41) is 0.808. The molecule has 0 atom stereocenters. The summed E-state index contributed by atoms with van der Waals surface area (Å²) in [4.78, 5) is 11.9. The Morgan fingerprint density at radius 2 is 1.17 bits per heavy atom. The van der Waals surface area contributed by atoms with E-state index in [0.29, 0.717) is 10.4 Å². The Morgan fingerprint density at radius 1 is 0.708 bits per heavy atom. The number of rotatable bonds is 1. The van der Waals surface area contributed by atoms with Crippen molar-refractivity contribution in [1.29, 1.82) is 0 Å². The Kier molecular flexibility index (Phi) is 3.79. The van der Waals surface area contributed by atoms with E-state index in [0.717, 1.165) is 12.2 Å². The highest BCUT2D eigenvalue weighted by atomic mass is 19.2. The molecule has 0 unspecified atom stereocenters. The van der Waals surface area contributed by atoms with Gasteiger partial charge in [-0.05, 0) is 22.6 Å². The van der Waals surface area contributed by atoms with Gasteiger partial charge in [-0.15, -0.1) is 0 Å². The topological polar surface area (TPSA) is 17.1 Å². The lowest BCUT2D eigenvalue weighted by Gasteiger charge is -2.10. The third-order valence-corrected chi connectivity index (χ3v) is 3.51. The van der Waals surface area contributed by atoms with Crippen molar-refractivity contribution in [2.75, 3.05) is 0 Å². The third kappa shape index (κ3) is 2.33. The molecule has 0 heterocycles. The molecule has 122 valence electrons. The fourth-order valence-electron chi connectivity index (χ4n) is 2.32. The molecule has 0 N–H and O–H groups in total. The third-order valence-electron chi connectivity index (χ3n) is 3.51. The molecule has 1 aliphatic carbocycles. The monoisotopic (exact) mass is 340 g/mol. The first-order valence-corrected chi connectivity index (χ1v) is 6.57. The summed E-state index contributed by atoms with van der Waals surface area (Å²) >= 11 is 0. The lowest BCUT2D eigenvalue weighted by molar-refractivity contribution is -0.109. The van der Waals surface area contributed by atoms with Crippen molar-refractivity contribution in [2.45, 2.75) is 0 Å². The van der Waals surface area contributed by atoms with E-state index >= 15 is 0 Å². The van der Waals surface area contributed by atoms with Crippen molar-refractivity contribution in [1.82, 2.24) is 0 Å². The molecule has 0 saturated heterocycles. The van der Waals surface area contributed by atoms with Crippen LogP contribution in [0.2, 0.25) is 0 Å². The van der Waals surface area contributed by atoms with Gasteiger partial charge in [0.15, 0.2) is 29.1 Å². The summed E-state index contributed by atoms with van der Waals surface area (Å²) < 4.78 is 81.3. The summed E-state index contributed by atoms with van der Waals surface area (Å²) in [6.45, 7) is 0. The number of halogens is 6. The molecule has 0 fully saturated rings. The Labute approximate surface area is 130 Å². The summed E-state index contributed by atoms with van der Waals surface area (Å²) in [6, 6.07) is 6.25. The van der Waals surface area contributed by atoms with Gasteiger partial charge in [-0.25, -0.2) is 26.3 Å². The molecule has 2 aromatic carbocycles. The smallest absolute Gasteiger partial charge is 0.200 e. The summed E-state index contributed by atoms with van der Waals surface area (Å²) in [5.41, 5.74) is -2.56. The maximum atomic E-state index is 14.5. The maximum Gasteiger partial charge on any atom is 0.200 e. The highest BCUT2D eigenvalue weighted by Gasteiger charge is 2.30. The molecule has 0 aromatic heterocycles. The molecule has 2 aromatic rings. The number of Topliss-reactive ketones (excluding diaryl/α,β-unsaturated/α-hetero) is 1. The average Bonchev–Trinajstić information content (AvgIpc) is 2.57. The van der Waals surface area contributed by atoms with E-state index < -0.39 is 51.8 Å². The normalized spacial score (nSPS) is 15.5. The van der Waals surface area contributed by atoms with E-state index in [1.165, 1.54) is 6.07 Å². The lowest BCUT2D eigenvalue weighted by atomic mass is 9.98. The fourth-order valence-corrected chi connectivity index (χ4v) is 2.32. The van der Waals surface area contributed by atoms with Gasteiger partial charge in [-0.2, -0.15) is 0 Å². The van der Waals surface area contributed by atoms with Crippen molar-refractivity contribution in [2.24, 2.45) is 0 Å². The summed E-state index contributed by atoms with van der Waals surface area (Å²) in [5.74, 6) is -14.4. The molecule has 3 rings (SSSR count). The van der Waals surface area contributed by atoms with Gasteiger partial charge in [0.1, 0.15) is 5.83 Å². The molecule has 0 spiro atoms. The zero-order chi connectivity index (χ0) is 17.6. The first-order valence-electron chi connectivity index (χ1n) is 6.57. The summed E-state index contributed by atoms with van der Waals surface area (Å²) in [6.07, 6.45) is 2.00. The minimum absolute atomic E-state index is 0.367. The standard InChI is InChI=1S/C17H6F6O/c18-12(11-13(19)15(21)17(23)16(22)14(11)20)9-5-7-3-1-2-4-8(7)6-10(9)24/h1-6H. The number of carbonyl (C=O) groups is 1. The number of ketones is 1. The molecular weight excluding hydrogens is 334 g/mol. The van der Waals surface area contributed by atoms with Crippen molar-refractivity contribution in [3.63, 3.8) is 0 Å². The van der Waals surface area contributed by atoms with E-state index in [1.807, 2.05) is 0 Å². The molecule has 0 saturated carbocycles. The van der Waals surface area contributed by atoms with Gasteiger partial charge in [0.2, 0.25) is 5.82 Å². The average molecular weight is 340 g/mol. The lowest BCUT2D eigenvalue weighted by Crippen LogP contribution is -2.29. The van der Waals surface area contributed by atoms with E-state index in [4.69, 9.17) is 0 Å². The van der Waals surface area contributed by atoms with Crippen molar-refractivity contribution < 1.29 is 31.1 Å². The second-order valence-electron chi connectivity index (χ2n) is 4.95. The molecule has 24 heavy (non-hydrogen) atoms. The van der Waals surface area contributed by atoms with Gasteiger partial charge >= 0.3 is 0 Å². The van der Waals surface area contributed by atoms with Crippen LogP contribution in [0.4, 0.5) is 26.3 Å². The first kappa shape index (κ1) is 16.0. The highest BCUT2D eigenvalue weighted by molar-refractivity contribution is 6.25. The number of fused-ring (bicyclic) bond motifs is 1. The fraction of sp³-hybridized carbons (Fsp3) is 0. The highest BCUT2D eigenvalue weighted by Crippen LogP contribution is 2.32. The quantitative estimate of drug-likeness (QED) is 0.338. The van der Waals surface area contributed by atoms with Crippen LogP contribution in [0.25, 0.3) is 18.0 Å². The minimum atomic E-state index is -2.40. The number of hydrogen-bond donors (Lipinski definition) is 0. The molecule has 1 aliphatic rings. The van der Waals surface area contributed by atoms with Crippen LogP contribution in [-0.2, 0) is 4.79 Å². The van der Waals surface area contributed by atoms with E-state index in [-0.39, 0.29) is 0 Å². The van der Waals surface area contributed by atoms with Crippen LogP contribution in [0.3, 0.4) is 0 Å². The molecule has 0 bridgehead atoms. The van der Waals surface area contributed by atoms with Gasteiger partial charge < -0.3 is 0 Å². The van der Waals surface area contributed by atoms with Gasteiger partial charge in [0, 0.05) is 0 Å². The second kappa shape index (κ2) is 5.67. The molecular formula is C17H6F6O. The van der Waals surface area contributed by atoms with Crippen LogP contribution in [0.15, 0.2) is 29.8 Å². The predicted molar refractivity (Wildman–Crippen MR) is 73.9 cm³/mol. The Hall–Kier alpha value is -2.83. The van der Waals surface area contributed by atoms with E-state index in [2.05, 4.69) is 0 Å². The molecule has 0 aliphatic heterocycles. The number of benzene rings is 2. The zero-order valence-corrected chi connectivity index (χ0v) is 11.6. The van der Waals surface area contributed by atoms with Crippen LogP contribution in [0, 0.1) is 29.1 Å². The number of allylic oxidation sites excluding steroid dienone is 1. The predicted octanol–water partition coefficient (Wildman–Crippen LogP) is 2.91. The Bertz CT molecular complexity index is 1010. The van der Waals surface area contributed by atoms with Crippen LogP contribution >= 0.6 is 0 Å². The van der Waals surface area contributed by atoms with E-state index in [1.54, 1.807) is 18.2 Å². The summed E-state index contributed by atoms with van der Waals surface area (Å²) in [7, 11) is 0. The minimum Gasteiger partial charge on any atom is -0.289 e. The van der Waals surface area contributed by atoms with Crippen molar-refractivity contribution in [3.05, 3.63) is 74.9 Å². The van der Waals surface area contributed by atoms with Crippen molar-refractivity contribution in [3.8, 4) is 0 Å². The second-order valence-corrected chi connectivity index (χ2v) is 4.95. The molecule has 1 nitrogen and oxygen atoms in total. The van der Waals surface area contributed by atoms with Crippen LogP contribution in [0.1, 0.15) is 5.56 Å². The SMILES string of the molecule is O=C1C=c2ccccc2=CC1=C(F)c1c(F)c(F)c(F)c(F)c1F. The molecule has 0 radical (unpaired) electrons. The number of hydrogen-bond acceptors (Lipinski definition) is 1. The van der Waals surface area contributed by atoms with Gasteiger partial charge in [-0.1, -0.05) is 24.3 Å². The van der Waals surface area contributed by atoms with Gasteiger partial charge in [0.05, 0.1) is 11.1 Å². The molecule has 7 heteroatoms. The Balaban J connectivity index is 2.34. The van der Waals surface area contributed by atoms with E-state index in [9.17, 15) is 31.1 Å². The van der Waals surface area contributed by atoms with Gasteiger partial charge in [-0.3, -0.25) is 4.79 Å². The first-order chi connectivity index (χ1) is 11.3. The number of carbonyl (C=O) groups excluding carboxylic acids is 1. The van der Waals surface area contributed by atoms with Crippen LogP contribution in [-0.4, -0.2) is 5.78 Å². The van der Waals surface area contributed by atoms with Gasteiger partial charge in [0.25, 0.3) is 0 Å². The van der Waals surface area contributed by atoms with Crippen LogP contribution in [0.5, 0.6) is 0 Å². The zero-order valence-electron chi connectivity index (χ0n) is 11.6. The largest absolute Gasteiger partial charge is 0.289 e.